The van der Waals surface area contributed by atoms with Gasteiger partial charge in [0.1, 0.15) is 10.7 Å². The lowest BCUT2D eigenvalue weighted by Gasteiger charge is -2.19. The van der Waals surface area contributed by atoms with E-state index < -0.39 is 10.7 Å². The number of rotatable bonds is 18. The summed E-state index contributed by atoms with van der Waals surface area (Å²) >= 11 is 0. The molecule has 1 rings (SSSR count). The van der Waals surface area contributed by atoms with Gasteiger partial charge in [-0.25, -0.2) is 13.1 Å². The van der Waals surface area contributed by atoms with E-state index in [1.165, 1.54) is 0 Å². The molecule has 2 N–H and O–H groups in total. The van der Waals surface area contributed by atoms with Crippen molar-refractivity contribution in [3.63, 3.8) is 0 Å². The van der Waals surface area contributed by atoms with Crippen LogP contribution in [0.3, 0.4) is 0 Å². The normalized spacial score (nSPS) is 11.8. The van der Waals surface area contributed by atoms with Crippen molar-refractivity contribution in [1.29, 1.82) is 0 Å². The van der Waals surface area contributed by atoms with Crippen molar-refractivity contribution >= 4 is 10.7 Å². The van der Waals surface area contributed by atoms with Crippen molar-refractivity contribution in [1.82, 2.24) is 19.9 Å². The van der Waals surface area contributed by atoms with Gasteiger partial charge in [0.15, 0.2) is 0 Å². The lowest BCUT2D eigenvalue weighted by Crippen LogP contribution is -2.28. The van der Waals surface area contributed by atoms with E-state index in [-0.39, 0.29) is 5.75 Å². The van der Waals surface area contributed by atoms with Gasteiger partial charge in [-0.05, 0) is 19.9 Å². The van der Waals surface area contributed by atoms with Crippen LogP contribution in [0.5, 0.6) is 0 Å². The van der Waals surface area contributed by atoms with Crippen LogP contribution in [0.2, 0.25) is 0 Å². The van der Waals surface area contributed by atoms with Gasteiger partial charge in [-0.2, -0.15) is 0 Å². The van der Waals surface area contributed by atoms with Gasteiger partial charge in [-0.3, -0.25) is 4.90 Å². The van der Waals surface area contributed by atoms with Gasteiger partial charge < -0.3 is 19.9 Å². The quantitative estimate of drug-likeness (QED) is 0.237. The fourth-order valence-corrected chi connectivity index (χ4v) is 3.00. The highest BCUT2D eigenvalue weighted by molar-refractivity contribution is 7.72. The zero-order valence-corrected chi connectivity index (χ0v) is 17.9. The maximum absolute atomic E-state index is 10.8. The Labute approximate surface area is 169 Å². The summed E-state index contributed by atoms with van der Waals surface area (Å²) in [7, 11) is -2.36. The van der Waals surface area contributed by atoms with Crippen LogP contribution in [-0.4, -0.2) is 93.3 Å². The average molecular weight is 422 g/mol. The van der Waals surface area contributed by atoms with E-state index in [0.717, 1.165) is 24.4 Å². The summed E-state index contributed by atoms with van der Waals surface area (Å²) in [5, 5.41) is 8.43. The first kappa shape index (κ1) is 24.9. The summed E-state index contributed by atoms with van der Waals surface area (Å²) < 4.78 is 39.7. The first-order chi connectivity index (χ1) is 13.6. The highest BCUT2D eigenvalue weighted by atomic mass is 32.2. The Morgan fingerprint density at radius 2 is 1.68 bits per heavy atom. The third-order valence-corrected chi connectivity index (χ3v) is 4.61. The molecule has 1 aromatic rings. The van der Waals surface area contributed by atoms with E-state index >= 15 is 0 Å². The first-order valence-electron chi connectivity index (χ1n) is 9.74. The summed E-state index contributed by atoms with van der Waals surface area (Å²) in [4.78, 5) is 2.09. The molecule has 0 amide bonds. The number of nitrogens with two attached hydrogens (primary N) is 1. The lowest BCUT2D eigenvalue weighted by molar-refractivity contribution is 0.0140. The minimum atomic E-state index is -2.36. The monoisotopic (exact) mass is 421 g/mol. The molecular weight excluding hydrogens is 386 g/mol. The molecule has 1 aromatic heterocycles. The summed E-state index contributed by atoms with van der Waals surface area (Å²) in [6.45, 7) is 10.3. The molecule has 0 atom stereocenters. The smallest absolute Gasteiger partial charge is 0.141 e. The van der Waals surface area contributed by atoms with Crippen molar-refractivity contribution in [3.05, 3.63) is 11.4 Å². The summed E-state index contributed by atoms with van der Waals surface area (Å²) in [6.07, 6.45) is 0.956. The number of aromatic nitrogens is 3. The SMILES string of the molecule is CCCN(CC[SH](=O)=O)Cc1nnn(CCOCCOCCOCCN)c1C. The predicted molar refractivity (Wildman–Crippen MR) is 107 cm³/mol. The van der Waals surface area contributed by atoms with E-state index in [0.29, 0.717) is 65.8 Å². The molecular formula is C17H35N5O5S. The second-order valence-electron chi connectivity index (χ2n) is 6.30. The van der Waals surface area contributed by atoms with E-state index in [1.54, 1.807) is 0 Å². The molecule has 28 heavy (non-hydrogen) atoms. The third-order valence-electron chi connectivity index (χ3n) is 4.04. The molecule has 0 aliphatic carbocycles. The van der Waals surface area contributed by atoms with Crippen LogP contribution >= 0.6 is 0 Å². The second kappa shape index (κ2) is 15.8. The lowest BCUT2D eigenvalue weighted by atomic mass is 10.3. The Bertz CT molecular complexity index is 588. The maximum Gasteiger partial charge on any atom is 0.141 e. The molecule has 0 bridgehead atoms. The number of ether oxygens (including phenoxy) is 3. The third kappa shape index (κ3) is 11.0. The Morgan fingerprint density at radius 1 is 1.04 bits per heavy atom. The first-order valence-corrected chi connectivity index (χ1v) is 11.1. The minimum Gasteiger partial charge on any atom is -0.378 e. The molecule has 164 valence electrons. The van der Waals surface area contributed by atoms with Crippen molar-refractivity contribution in [2.45, 2.75) is 33.4 Å². The second-order valence-corrected chi connectivity index (χ2v) is 7.42. The van der Waals surface area contributed by atoms with Crippen molar-refractivity contribution in [2.24, 2.45) is 5.73 Å². The average Bonchev–Trinajstić information content (AvgIpc) is 3.01. The molecule has 11 heteroatoms. The van der Waals surface area contributed by atoms with Crippen molar-refractivity contribution in [3.8, 4) is 0 Å². The van der Waals surface area contributed by atoms with Crippen LogP contribution in [0.4, 0.5) is 0 Å². The number of thiol groups is 1. The van der Waals surface area contributed by atoms with Gasteiger partial charge in [-0.1, -0.05) is 12.1 Å². The highest BCUT2D eigenvalue weighted by Gasteiger charge is 2.13. The van der Waals surface area contributed by atoms with Crippen LogP contribution < -0.4 is 5.73 Å². The fourth-order valence-electron chi connectivity index (χ4n) is 2.55. The van der Waals surface area contributed by atoms with Gasteiger partial charge in [0, 0.05) is 19.6 Å². The fraction of sp³-hybridized carbons (Fsp3) is 0.882. The van der Waals surface area contributed by atoms with E-state index in [1.807, 2.05) is 11.6 Å². The Hall–Kier alpha value is -1.11. The topological polar surface area (TPSA) is 122 Å². The molecule has 0 fully saturated rings. The largest absolute Gasteiger partial charge is 0.378 e. The Balaban J connectivity index is 2.26. The molecule has 0 saturated heterocycles. The number of hydrogen-bond donors (Lipinski definition) is 2. The highest BCUT2D eigenvalue weighted by Crippen LogP contribution is 2.08. The van der Waals surface area contributed by atoms with Gasteiger partial charge in [0.05, 0.1) is 63.3 Å². The summed E-state index contributed by atoms with van der Waals surface area (Å²) in [5.41, 5.74) is 7.17. The molecule has 1 heterocycles. The Kier molecular flexibility index (Phi) is 14.0. The maximum atomic E-state index is 10.8. The Morgan fingerprint density at radius 3 is 2.29 bits per heavy atom. The zero-order valence-electron chi connectivity index (χ0n) is 17.0. The summed E-state index contributed by atoms with van der Waals surface area (Å²) in [6, 6.07) is 0. The summed E-state index contributed by atoms with van der Waals surface area (Å²) in [5.74, 6) is 0.164. The van der Waals surface area contributed by atoms with Crippen LogP contribution in [-0.2, 0) is 38.0 Å². The van der Waals surface area contributed by atoms with Crippen molar-refractivity contribution < 1.29 is 22.6 Å². The van der Waals surface area contributed by atoms with Gasteiger partial charge >= 0.3 is 0 Å². The molecule has 10 nitrogen and oxygen atoms in total. The van der Waals surface area contributed by atoms with Crippen molar-refractivity contribution in [2.75, 3.05) is 65.0 Å². The molecule has 0 aromatic carbocycles. The standard InChI is InChI=1S/C17H35N5O5S/c1-3-5-21(7-14-28(23)24)15-17-16(2)22(20-19-17)6-9-26-11-13-27-12-10-25-8-4-18/h28H,3-15,18H2,1-2H3. The van der Waals surface area contributed by atoms with Crippen LogP contribution in [0.15, 0.2) is 0 Å². The molecule has 0 unspecified atom stereocenters. The van der Waals surface area contributed by atoms with Crippen LogP contribution in [0.1, 0.15) is 24.7 Å². The van der Waals surface area contributed by atoms with E-state index in [9.17, 15) is 8.42 Å². The van der Waals surface area contributed by atoms with Crippen LogP contribution in [0, 0.1) is 6.92 Å². The van der Waals surface area contributed by atoms with Crippen LogP contribution in [0.25, 0.3) is 0 Å². The van der Waals surface area contributed by atoms with Gasteiger partial charge in [0.25, 0.3) is 0 Å². The number of hydrogen-bond acceptors (Lipinski definition) is 9. The molecule has 0 saturated carbocycles. The van der Waals surface area contributed by atoms with E-state index in [2.05, 4.69) is 22.1 Å². The number of nitrogens with zero attached hydrogens (tertiary/aromatic N) is 4. The zero-order chi connectivity index (χ0) is 20.6. The van der Waals surface area contributed by atoms with Gasteiger partial charge in [-0.15, -0.1) is 5.10 Å². The van der Waals surface area contributed by atoms with E-state index in [4.69, 9.17) is 19.9 Å². The van der Waals surface area contributed by atoms with Gasteiger partial charge in [0.2, 0.25) is 0 Å². The molecule has 0 aliphatic heterocycles. The predicted octanol–water partition coefficient (Wildman–Crippen LogP) is -0.582. The molecule has 0 aliphatic rings. The molecule has 0 radical (unpaired) electrons. The molecule has 0 spiro atoms. The minimum absolute atomic E-state index is 0.164.